The minimum Gasteiger partial charge on any atom is -0.497 e. The number of thiophene rings is 1. The highest BCUT2D eigenvalue weighted by Crippen LogP contribution is 2.30. The van der Waals surface area contributed by atoms with Gasteiger partial charge in [0.25, 0.3) is 0 Å². The molecular weight excluding hydrogens is 476 g/mol. The van der Waals surface area contributed by atoms with Crippen LogP contribution in [0.1, 0.15) is 33.5 Å². The van der Waals surface area contributed by atoms with E-state index in [1.165, 1.54) is 16.0 Å². The fourth-order valence-electron chi connectivity index (χ4n) is 3.23. The maximum atomic E-state index is 13.3. The molecule has 0 unspecified atom stereocenters. The van der Waals surface area contributed by atoms with Crippen molar-refractivity contribution in [2.75, 3.05) is 12.4 Å². The van der Waals surface area contributed by atoms with E-state index in [9.17, 15) is 9.59 Å². The number of anilines is 1. The fraction of sp³-hybridized carbons (Fsp3) is 0.174. The Hall–Kier alpha value is -3.76. The van der Waals surface area contributed by atoms with Gasteiger partial charge in [-0.05, 0) is 47.2 Å². The topological polar surface area (TPSA) is 111 Å². The summed E-state index contributed by atoms with van der Waals surface area (Å²) in [5, 5.41) is 18.3. The van der Waals surface area contributed by atoms with Crippen molar-refractivity contribution in [1.29, 1.82) is 0 Å². The molecule has 2 aromatic carbocycles. The predicted molar refractivity (Wildman–Crippen MR) is 130 cm³/mol. The van der Waals surface area contributed by atoms with Gasteiger partial charge in [-0.3, -0.25) is 4.79 Å². The number of benzene rings is 2. The van der Waals surface area contributed by atoms with Crippen LogP contribution in [0.3, 0.4) is 0 Å². The minimum atomic E-state index is -0.435. The molecule has 0 fully saturated rings. The molecule has 11 heteroatoms. The Morgan fingerprint density at radius 3 is 2.71 bits per heavy atom. The average Bonchev–Trinajstić information content (AvgIpc) is 3.49. The number of methoxy groups -OCH3 is 1. The molecule has 2 aromatic heterocycles. The van der Waals surface area contributed by atoms with Crippen LogP contribution in [-0.4, -0.2) is 39.1 Å². The molecule has 0 atom stereocenters. The lowest BCUT2D eigenvalue weighted by Gasteiger charge is -2.09. The molecule has 34 heavy (non-hydrogen) atoms. The number of tetrazole rings is 1. The number of halogens is 1. The van der Waals surface area contributed by atoms with Crippen LogP contribution in [0.2, 0.25) is 5.02 Å². The normalized spacial score (nSPS) is 10.7. The molecule has 2 N–H and O–H groups in total. The van der Waals surface area contributed by atoms with Crippen molar-refractivity contribution in [2.45, 2.75) is 19.9 Å². The molecule has 0 aliphatic rings. The molecule has 2 amide bonds. The van der Waals surface area contributed by atoms with Crippen LogP contribution >= 0.6 is 22.9 Å². The maximum absolute atomic E-state index is 13.3. The molecule has 0 spiro atoms. The van der Waals surface area contributed by atoms with Crippen molar-refractivity contribution < 1.29 is 14.3 Å². The summed E-state index contributed by atoms with van der Waals surface area (Å²) in [5.74, 6) is 0.780. The Bertz CT molecular complexity index is 1340. The Labute approximate surface area is 204 Å². The summed E-state index contributed by atoms with van der Waals surface area (Å²) < 4.78 is 6.64. The zero-order chi connectivity index (χ0) is 24.1. The van der Waals surface area contributed by atoms with E-state index in [0.717, 1.165) is 11.3 Å². The summed E-state index contributed by atoms with van der Waals surface area (Å²) in [5.41, 5.74) is 1.43. The first-order valence-electron chi connectivity index (χ1n) is 10.4. The van der Waals surface area contributed by atoms with Gasteiger partial charge in [-0.25, -0.2) is 4.79 Å². The number of rotatable bonds is 8. The van der Waals surface area contributed by atoms with E-state index >= 15 is 0 Å². The molecule has 0 radical (unpaired) electrons. The summed E-state index contributed by atoms with van der Waals surface area (Å²) >= 11 is 7.68. The smallest absolute Gasteiger partial charge is 0.319 e. The van der Waals surface area contributed by atoms with E-state index in [0.29, 0.717) is 38.4 Å². The molecule has 174 valence electrons. The summed E-state index contributed by atoms with van der Waals surface area (Å²) in [6.07, 6.45) is 0.742. The van der Waals surface area contributed by atoms with Gasteiger partial charge in [0, 0.05) is 22.2 Å². The molecule has 0 saturated carbocycles. The zero-order valence-corrected chi connectivity index (χ0v) is 20.0. The van der Waals surface area contributed by atoms with E-state index in [2.05, 4.69) is 26.2 Å². The van der Waals surface area contributed by atoms with Crippen molar-refractivity contribution in [2.24, 2.45) is 0 Å². The van der Waals surface area contributed by atoms with Crippen LogP contribution in [0.4, 0.5) is 10.5 Å². The van der Waals surface area contributed by atoms with Gasteiger partial charge in [0.2, 0.25) is 0 Å². The SMILES string of the molecule is CCc1cc(C(=O)c2ccccc2Cl)c(-n2nnnc2CNC(=O)Nc2cccc(OC)c2)s1. The van der Waals surface area contributed by atoms with Crippen molar-refractivity contribution in [3.05, 3.63) is 81.4 Å². The number of carbonyl (C=O) groups excluding carboxylic acids is 2. The third-order valence-corrected chi connectivity index (χ3v) is 6.52. The monoisotopic (exact) mass is 496 g/mol. The number of amides is 2. The quantitative estimate of drug-likeness (QED) is 0.347. The molecule has 4 aromatic rings. The number of hydrogen-bond donors (Lipinski definition) is 2. The number of aromatic nitrogens is 4. The van der Waals surface area contributed by atoms with Crippen molar-refractivity contribution in [3.63, 3.8) is 0 Å². The Kier molecular flexibility index (Phi) is 7.19. The molecule has 0 aliphatic carbocycles. The second kappa shape index (κ2) is 10.4. The number of nitrogens with zero attached hydrogens (tertiary/aromatic N) is 4. The van der Waals surface area contributed by atoms with Crippen molar-refractivity contribution >= 4 is 40.4 Å². The van der Waals surface area contributed by atoms with E-state index < -0.39 is 6.03 Å². The lowest BCUT2D eigenvalue weighted by molar-refractivity contribution is 0.103. The summed E-state index contributed by atoms with van der Waals surface area (Å²) in [7, 11) is 1.55. The highest BCUT2D eigenvalue weighted by atomic mass is 35.5. The number of hydrogen-bond acceptors (Lipinski definition) is 7. The van der Waals surface area contributed by atoms with Gasteiger partial charge < -0.3 is 15.4 Å². The number of urea groups is 1. The summed E-state index contributed by atoms with van der Waals surface area (Å²) in [6, 6.07) is 15.3. The number of carbonyl (C=O) groups is 2. The van der Waals surface area contributed by atoms with Gasteiger partial charge in [0.05, 0.1) is 24.2 Å². The maximum Gasteiger partial charge on any atom is 0.319 e. The van der Waals surface area contributed by atoms with E-state index in [1.807, 2.05) is 13.0 Å². The van der Waals surface area contributed by atoms with Crippen LogP contribution in [0.25, 0.3) is 5.00 Å². The lowest BCUT2D eigenvalue weighted by Crippen LogP contribution is -2.29. The van der Waals surface area contributed by atoms with E-state index in [-0.39, 0.29) is 12.3 Å². The Morgan fingerprint density at radius 1 is 1.12 bits per heavy atom. The highest BCUT2D eigenvalue weighted by Gasteiger charge is 2.23. The van der Waals surface area contributed by atoms with Gasteiger partial charge in [-0.15, -0.1) is 16.4 Å². The second-order valence-corrected chi connectivity index (χ2v) is 8.66. The third kappa shape index (κ3) is 5.08. The number of ketones is 1. The van der Waals surface area contributed by atoms with Crippen LogP contribution in [0.5, 0.6) is 5.75 Å². The van der Waals surface area contributed by atoms with E-state index in [1.54, 1.807) is 55.6 Å². The van der Waals surface area contributed by atoms with Crippen LogP contribution in [0.15, 0.2) is 54.6 Å². The number of aryl methyl sites for hydroxylation is 1. The average molecular weight is 497 g/mol. The van der Waals surface area contributed by atoms with Crippen LogP contribution in [0, 0.1) is 0 Å². The summed E-state index contributed by atoms with van der Waals surface area (Å²) in [4.78, 5) is 26.7. The fourth-order valence-corrected chi connectivity index (χ4v) is 4.51. The molecule has 9 nitrogen and oxygen atoms in total. The zero-order valence-electron chi connectivity index (χ0n) is 18.4. The molecule has 2 heterocycles. The van der Waals surface area contributed by atoms with Crippen molar-refractivity contribution in [3.8, 4) is 10.8 Å². The number of ether oxygens (including phenoxy) is 1. The first-order valence-corrected chi connectivity index (χ1v) is 11.6. The molecular formula is C23H21ClN6O3S. The third-order valence-electron chi connectivity index (χ3n) is 4.94. The molecule has 0 bridgehead atoms. The lowest BCUT2D eigenvalue weighted by atomic mass is 10.0. The van der Waals surface area contributed by atoms with Crippen LogP contribution < -0.4 is 15.4 Å². The second-order valence-electron chi connectivity index (χ2n) is 7.14. The highest BCUT2D eigenvalue weighted by molar-refractivity contribution is 7.15. The molecule has 0 aliphatic heterocycles. The van der Waals surface area contributed by atoms with Crippen molar-refractivity contribution in [1.82, 2.24) is 25.5 Å². The first kappa shape index (κ1) is 23.4. The minimum absolute atomic E-state index is 0.0435. The predicted octanol–water partition coefficient (Wildman–Crippen LogP) is 4.50. The Balaban J connectivity index is 1.55. The Morgan fingerprint density at radius 2 is 1.94 bits per heavy atom. The number of nitrogens with one attached hydrogen (secondary N) is 2. The largest absolute Gasteiger partial charge is 0.497 e. The first-order chi connectivity index (χ1) is 16.5. The van der Waals surface area contributed by atoms with E-state index in [4.69, 9.17) is 16.3 Å². The standard InChI is InChI=1S/C23H21ClN6O3S/c1-3-16-12-18(21(31)17-9-4-5-10-19(17)24)22(34-16)30-20(27-28-29-30)13-25-23(32)26-14-7-6-8-15(11-14)33-2/h4-12H,3,13H2,1-2H3,(H2,25,26,32). The van der Waals surface area contributed by atoms with Crippen LogP contribution in [-0.2, 0) is 13.0 Å². The van der Waals surface area contributed by atoms with Gasteiger partial charge >= 0.3 is 6.03 Å². The van der Waals surface area contributed by atoms with Gasteiger partial charge in [0.1, 0.15) is 10.8 Å². The van der Waals surface area contributed by atoms with Gasteiger partial charge in [0.15, 0.2) is 11.6 Å². The molecule has 0 saturated heterocycles. The van der Waals surface area contributed by atoms with Gasteiger partial charge in [-0.2, -0.15) is 4.68 Å². The van der Waals surface area contributed by atoms with Gasteiger partial charge in [-0.1, -0.05) is 36.7 Å². The summed E-state index contributed by atoms with van der Waals surface area (Å²) in [6.45, 7) is 2.05. The molecule has 4 rings (SSSR count).